The fourth-order valence-corrected chi connectivity index (χ4v) is 1.55. The van der Waals surface area contributed by atoms with Crippen LogP contribution < -0.4 is 10.6 Å². The average molecular weight is 252 g/mol. The largest absolute Gasteiger partial charge is 0.478 e. The van der Waals surface area contributed by atoms with E-state index in [2.05, 4.69) is 4.74 Å². The summed E-state index contributed by atoms with van der Waals surface area (Å²) in [4.78, 5) is 23.8. The first kappa shape index (κ1) is 13.8. The number of ether oxygens (including phenoxy) is 1. The van der Waals surface area contributed by atoms with Crippen LogP contribution in [0.5, 0.6) is 0 Å². The van der Waals surface area contributed by atoms with Crippen LogP contribution in [0.15, 0.2) is 18.2 Å². The van der Waals surface area contributed by atoms with Crippen molar-refractivity contribution in [3.05, 3.63) is 23.8 Å². The number of aromatic carboxylic acids is 1. The topological polar surface area (TPSA) is 92.9 Å². The molecule has 1 unspecified atom stereocenters. The molecule has 0 saturated heterocycles. The molecule has 1 rings (SSSR count). The van der Waals surface area contributed by atoms with Crippen LogP contribution in [0.1, 0.15) is 17.3 Å². The second kappa shape index (κ2) is 5.39. The molecule has 0 spiro atoms. The van der Waals surface area contributed by atoms with Crippen molar-refractivity contribution in [3.8, 4) is 0 Å². The number of methoxy groups -OCH3 is 1. The van der Waals surface area contributed by atoms with Crippen LogP contribution >= 0.6 is 0 Å². The predicted octanol–water partition coefficient (Wildman–Crippen LogP) is 0.965. The van der Waals surface area contributed by atoms with Crippen LogP contribution in [0.4, 0.5) is 11.4 Å². The van der Waals surface area contributed by atoms with Gasteiger partial charge in [0.1, 0.15) is 6.04 Å². The number of carboxylic acid groups (broad SMARTS) is 1. The van der Waals surface area contributed by atoms with Gasteiger partial charge < -0.3 is 20.5 Å². The summed E-state index contributed by atoms with van der Waals surface area (Å²) in [7, 11) is 3.00. The Labute approximate surface area is 105 Å². The molecule has 0 bridgehead atoms. The molecule has 3 N–H and O–H groups in total. The third kappa shape index (κ3) is 2.71. The quantitative estimate of drug-likeness (QED) is 0.612. The van der Waals surface area contributed by atoms with Gasteiger partial charge in [-0.1, -0.05) is 0 Å². The summed E-state index contributed by atoms with van der Waals surface area (Å²) in [5.41, 5.74) is 6.77. The SMILES string of the molecule is COC(=O)C(C)N(C)c1ccc(C(=O)O)cc1N. The van der Waals surface area contributed by atoms with Crippen molar-refractivity contribution in [2.45, 2.75) is 13.0 Å². The lowest BCUT2D eigenvalue weighted by atomic mass is 10.1. The molecule has 6 nitrogen and oxygen atoms in total. The Morgan fingerprint density at radius 1 is 1.44 bits per heavy atom. The highest BCUT2D eigenvalue weighted by molar-refractivity contribution is 5.91. The molecule has 0 aliphatic heterocycles. The van der Waals surface area contributed by atoms with E-state index in [1.807, 2.05) is 0 Å². The molecule has 0 aliphatic rings. The molecule has 0 radical (unpaired) electrons. The molecule has 0 heterocycles. The van der Waals surface area contributed by atoms with Crippen LogP contribution in [0, 0.1) is 0 Å². The third-order valence-corrected chi connectivity index (χ3v) is 2.78. The average Bonchev–Trinajstić information content (AvgIpc) is 2.35. The first-order valence-corrected chi connectivity index (χ1v) is 5.32. The summed E-state index contributed by atoms with van der Waals surface area (Å²) < 4.78 is 4.64. The summed E-state index contributed by atoms with van der Waals surface area (Å²) in [6.07, 6.45) is 0. The maximum absolute atomic E-state index is 11.4. The molecular weight excluding hydrogens is 236 g/mol. The minimum atomic E-state index is -1.04. The summed E-state index contributed by atoms with van der Waals surface area (Å²) in [5.74, 6) is -1.43. The van der Waals surface area contributed by atoms with Gasteiger partial charge in [0.2, 0.25) is 0 Å². The Morgan fingerprint density at radius 2 is 2.06 bits per heavy atom. The van der Waals surface area contributed by atoms with Gasteiger partial charge in [-0.25, -0.2) is 9.59 Å². The second-order valence-electron chi connectivity index (χ2n) is 3.89. The number of anilines is 2. The molecule has 1 atom stereocenters. The highest BCUT2D eigenvalue weighted by Crippen LogP contribution is 2.25. The van der Waals surface area contributed by atoms with E-state index in [9.17, 15) is 9.59 Å². The van der Waals surface area contributed by atoms with Crippen molar-refractivity contribution in [2.75, 3.05) is 24.8 Å². The Hall–Kier alpha value is -2.24. The van der Waals surface area contributed by atoms with Crippen LogP contribution in [-0.2, 0) is 9.53 Å². The first-order chi connectivity index (χ1) is 8.38. The molecular formula is C12H16N2O4. The van der Waals surface area contributed by atoms with Gasteiger partial charge in [0.25, 0.3) is 0 Å². The Bertz CT molecular complexity index is 473. The molecule has 0 saturated carbocycles. The van der Waals surface area contributed by atoms with E-state index in [1.54, 1.807) is 24.9 Å². The smallest absolute Gasteiger partial charge is 0.335 e. The fourth-order valence-electron chi connectivity index (χ4n) is 1.55. The van der Waals surface area contributed by atoms with Gasteiger partial charge in [-0.2, -0.15) is 0 Å². The molecule has 18 heavy (non-hydrogen) atoms. The maximum atomic E-state index is 11.4. The van der Waals surface area contributed by atoms with E-state index in [-0.39, 0.29) is 11.5 Å². The maximum Gasteiger partial charge on any atom is 0.335 e. The van der Waals surface area contributed by atoms with Crippen LogP contribution in [0.3, 0.4) is 0 Å². The molecule has 1 aromatic rings. The van der Waals surface area contributed by atoms with Crippen LogP contribution in [-0.4, -0.2) is 37.2 Å². The Balaban J connectivity index is 3.03. The van der Waals surface area contributed by atoms with E-state index in [0.29, 0.717) is 11.4 Å². The van der Waals surface area contributed by atoms with Gasteiger partial charge >= 0.3 is 11.9 Å². The number of nitrogens with two attached hydrogens (primary N) is 1. The number of nitrogens with zero attached hydrogens (tertiary/aromatic N) is 1. The normalized spacial score (nSPS) is 11.7. The molecule has 6 heteroatoms. The van der Waals surface area contributed by atoms with Gasteiger partial charge in [-0.15, -0.1) is 0 Å². The van der Waals surface area contributed by atoms with Crippen molar-refractivity contribution >= 4 is 23.3 Å². The standard InChI is InChI=1S/C12H16N2O4/c1-7(12(17)18-3)14(2)10-5-4-8(11(15)16)6-9(10)13/h4-7H,13H2,1-3H3,(H,15,16). The van der Waals surface area contributed by atoms with Gasteiger partial charge in [-0.3, -0.25) is 0 Å². The van der Waals surface area contributed by atoms with E-state index in [0.717, 1.165) is 0 Å². The molecule has 0 aliphatic carbocycles. The second-order valence-corrected chi connectivity index (χ2v) is 3.89. The highest BCUT2D eigenvalue weighted by Gasteiger charge is 2.20. The number of nitrogen functional groups attached to an aromatic ring is 1. The van der Waals surface area contributed by atoms with Crippen LogP contribution in [0.25, 0.3) is 0 Å². The van der Waals surface area contributed by atoms with E-state index < -0.39 is 12.0 Å². The number of rotatable bonds is 4. The Kier molecular flexibility index (Phi) is 4.14. The zero-order chi connectivity index (χ0) is 13.9. The molecule has 98 valence electrons. The van der Waals surface area contributed by atoms with Crippen molar-refractivity contribution in [1.82, 2.24) is 0 Å². The summed E-state index contributed by atoms with van der Waals surface area (Å²) in [6.45, 7) is 1.68. The van der Waals surface area contributed by atoms with E-state index >= 15 is 0 Å². The number of carbonyl (C=O) groups excluding carboxylic acids is 1. The lowest BCUT2D eigenvalue weighted by molar-refractivity contribution is -0.141. The fraction of sp³-hybridized carbons (Fsp3) is 0.333. The van der Waals surface area contributed by atoms with E-state index in [4.69, 9.17) is 10.8 Å². The summed E-state index contributed by atoms with van der Waals surface area (Å²) in [5, 5.41) is 8.83. The van der Waals surface area contributed by atoms with Gasteiger partial charge in [-0.05, 0) is 25.1 Å². The van der Waals surface area contributed by atoms with Crippen molar-refractivity contribution in [2.24, 2.45) is 0 Å². The lowest BCUT2D eigenvalue weighted by Gasteiger charge is -2.26. The number of hydrogen-bond acceptors (Lipinski definition) is 5. The number of carboxylic acids is 1. The highest BCUT2D eigenvalue weighted by atomic mass is 16.5. The zero-order valence-corrected chi connectivity index (χ0v) is 10.5. The minimum absolute atomic E-state index is 0.107. The predicted molar refractivity (Wildman–Crippen MR) is 67.7 cm³/mol. The van der Waals surface area contributed by atoms with Gasteiger partial charge in [0, 0.05) is 7.05 Å². The van der Waals surface area contributed by atoms with Crippen molar-refractivity contribution < 1.29 is 19.4 Å². The first-order valence-electron chi connectivity index (χ1n) is 5.32. The summed E-state index contributed by atoms with van der Waals surface area (Å²) in [6, 6.07) is 3.86. The number of benzene rings is 1. The zero-order valence-electron chi connectivity index (χ0n) is 10.5. The minimum Gasteiger partial charge on any atom is -0.478 e. The number of carbonyl (C=O) groups is 2. The lowest BCUT2D eigenvalue weighted by Crippen LogP contribution is -2.37. The third-order valence-electron chi connectivity index (χ3n) is 2.78. The number of esters is 1. The van der Waals surface area contributed by atoms with Crippen molar-refractivity contribution in [3.63, 3.8) is 0 Å². The molecule has 0 amide bonds. The number of hydrogen-bond donors (Lipinski definition) is 2. The van der Waals surface area contributed by atoms with Crippen molar-refractivity contribution in [1.29, 1.82) is 0 Å². The van der Waals surface area contributed by atoms with Crippen LogP contribution in [0.2, 0.25) is 0 Å². The van der Waals surface area contributed by atoms with E-state index in [1.165, 1.54) is 19.2 Å². The molecule has 0 aromatic heterocycles. The Morgan fingerprint density at radius 3 is 2.50 bits per heavy atom. The summed E-state index contributed by atoms with van der Waals surface area (Å²) >= 11 is 0. The monoisotopic (exact) mass is 252 g/mol. The molecule has 1 aromatic carbocycles. The van der Waals surface area contributed by atoms with Gasteiger partial charge in [0.05, 0.1) is 24.0 Å². The molecule has 0 fully saturated rings. The van der Waals surface area contributed by atoms with Gasteiger partial charge in [0.15, 0.2) is 0 Å². The number of likely N-dealkylation sites (N-methyl/N-ethyl adjacent to an activating group) is 1.